The SMILES string of the molecule is COc1c(C)c(O)c2c(c1O)C(CO)[N+]1=CC3CC4C(C1C2N1CCOC41)N3C. The summed E-state index contributed by atoms with van der Waals surface area (Å²) in [5, 5.41) is 32.8. The molecule has 0 amide bonds. The fourth-order valence-corrected chi connectivity index (χ4v) is 6.98. The summed E-state index contributed by atoms with van der Waals surface area (Å²) >= 11 is 0. The van der Waals surface area contributed by atoms with E-state index in [9.17, 15) is 15.3 Å². The van der Waals surface area contributed by atoms with E-state index in [1.807, 2.05) is 0 Å². The van der Waals surface area contributed by atoms with E-state index in [1.165, 1.54) is 7.11 Å². The van der Waals surface area contributed by atoms with Crippen molar-refractivity contribution < 1.29 is 29.4 Å². The van der Waals surface area contributed by atoms with Gasteiger partial charge in [-0.3, -0.25) is 9.80 Å². The molecule has 5 aliphatic rings. The smallest absolute Gasteiger partial charge is 0.205 e. The maximum atomic E-state index is 11.3. The highest BCUT2D eigenvalue weighted by Gasteiger charge is 2.67. The van der Waals surface area contributed by atoms with Crippen molar-refractivity contribution in [3.63, 3.8) is 0 Å². The van der Waals surface area contributed by atoms with Crippen molar-refractivity contribution in [2.24, 2.45) is 5.92 Å². The number of hydrogen-bond donors (Lipinski definition) is 3. The van der Waals surface area contributed by atoms with Gasteiger partial charge in [0.15, 0.2) is 23.8 Å². The summed E-state index contributed by atoms with van der Waals surface area (Å²) in [5.41, 5.74) is 1.84. The Morgan fingerprint density at radius 2 is 2.07 bits per heavy atom. The number of aliphatic hydroxyl groups is 1. The number of aliphatic hydroxyl groups excluding tert-OH is 1. The van der Waals surface area contributed by atoms with Crippen LogP contribution in [0.5, 0.6) is 17.2 Å². The Balaban J connectivity index is 1.68. The van der Waals surface area contributed by atoms with Crippen LogP contribution in [0.2, 0.25) is 0 Å². The number of hydrogen-bond acceptors (Lipinski definition) is 7. The van der Waals surface area contributed by atoms with Gasteiger partial charge in [-0.25, -0.2) is 4.58 Å². The number of piperidine rings is 1. The first kappa shape index (κ1) is 17.9. The molecule has 0 aliphatic carbocycles. The van der Waals surface area contributed by atoms with E-state index >= 15 is 0 Å². The number of rotatable bonds is 2. The number of benzene rings is 1. The first-order valence-electron chi connectivity index (χ1n) is 10.4. The zero-order chi connectivity index (χ0) is 20.2. The molecule has 0 radical (unpaired) electrons. The third-order valence-electron chi connectivity index (χ3n) is 8.07. The van der Waals surface area contributed by atoms with Gasteiger partial charge in [-0.15, -0.1) is 0 Å². The molecule has 5 heterocycles. The molecule has 156 valence electrons. The molecule has 7 unspecified atom stereocenters. The van der Waals surface area contributed by atoms with E-state index in [2.05, 4.69) is 27.6 Å². The van der Waals surface area contributed by atoms with Crippen LogP contribution in [0.4, 0.5) is 0 Å². The lowest BCUT2D eigenvalue weighted by molar-refractivity contribution is -0.633. The lowest BCUT2D eigenvalue weighted by atomic mass is 9.73. The van der Waals surface area contributed by atoms with Crippen molar-refractivity contribution in [1.29, 1.82) is 0 Å². The highest BCUT2D eigenvalue weighted by molar-refractivity contribution is 5.67. The van der Waals surface area contributed by atoms with Gasteiger partial charge in [0.05, 0.1) is 31.4 Å². The van der Waals surface area contributed by atoms with Crippen molar-refractivity contribution >= 4 is 6.21 Å². The zero-order valence-corrected chi connectivity index (χ0v) is 16.9. The Bertz CT molecular complexity index is 934. The minimum Gasteiger partial charge on any atom is -0.507 e. The van der Waals surface area contributed by atoms with Crippen LogP contribution < -0.4 is 4.74 Å². The van der Waals surface area contributed by atoms with Gasteiger partial charge in [0.2, 0.25) is 6.04 Å². The van der Waals surface area contributed by atoms with Gasteiger partial charge in [0, 0.05) is 23.6 Å². The van der Waals surface area contributed by atoms with Gasteiger partial charge in [-0.05, 0) is 20.4 Å². The zero-order valence-electron chi connectivity index (χ0n) is 16.9. The standard InChI is InChI=1S/C21H27N3O5/c1-9-18(26)14-13(19(27)20(9)28-3)12(8-25)24-7-10-6-11-15(22(10)2)17(24)16(14)23-4-5-29-21(11)23/h7,10-12,15-17,21,25H,4-6,8H2,1-3H3,(H-,26,27)/p+1. The second-order valence-electron chi connectivity index (χ2n) is 9.04. The second kappa shape index (κ2) is 5.85. The molecule has 1 aromatic rings. The number of likely N-dealkylation sites (N-methyl/N-ethyl adjacent to an activating group) is 1. The molecule has 5 aliphatic heterocycles. The van der Waals surface area contributed by atoms with Gasteiger partial charge < -0.3 is 24.8 Å². The van der Waals surface area contributed by atoms with Crippen molar-refractivity contribution in [2.45, 2.75) is 49.8 Å². The minimum absolute atomic E-state index is 0.0181. The Hall–Kier alpha value is -1.87. The molecule has 3 saturated heterocycles. The molecular formula is C21H28N3O5+. The Morgan fingerprint density at radius 1 is 1.28 bits per heavy atom. The van der Waals surface area contributed by atoms with Crippen LogP contribution in [0.1, 0.15) is 35.2 Å². The second-order valence-corrected chi connectivity index (χ2v) is 9.04. The largest absolute Gasteiger partial charge is 0.507 e. The highest BCUT2D eigenvalue weighted by atomic mass is 16.5. The highest BCUT2D eigenvalue weighted by Crippen LogP contribution is 2.59. The van der Waals surface area contributed by atoms with E-state index < -0.39 is 6.04 Å². The van der Waals surface area contributed by atoms with Crippen molar-refractivity contribution in [3.05, 3.63) is 16.7 Å². The number of ether oxygens (including phenoxy) is 2. The van der Waals surface area contributed by atoms with E-state index in [0.717, 1.165) is 18.5 Å². The molecule has 2 bridgehead atoms. The Labute approximate surface area is 169 Å². The van der Waals surface area contributed by atoms with Crippen LogP contribution in [-0.2, 0) is 4.74 Å². The lowest BCUT2D eigenvalue weighted by Crippen LogP contribution is -2.67. The topological polar surface area (TPSA) is 88.6 Å². The quantitative estimate of drug-likeness (QED) is 0.485. The van der Waals surface area contributed by atoms with Crippen LogP contribution in [0.3, 0.4) is 0 Å². The molecule has 7 atom stereocenters. The third-order valence-corrected chi connectivity index (χ3v) is 8.07. The molecule has 3 fully saturated rings. The monoisotopic (exact) mass is 402 g/mol. The minimum atomic E-state index is -0.413. The first-order chi connectivity index (χ1) is 14.0. The normalized spacial score (nSPS) is 39.9. The molecule has 8 nitrogen and oxygen atoms in total. The predicted octanol–water partition coefficient (Wildman–Crippen LogP) is 0.329. The Kier molecular flexibility index (Phi) is 3.62. The fourth-order valence-electron chi connectivity index (χ4n) is 6.98. The van der Waals surface area contributed by atoms with Crippen LogP contribution >= 0.6 is 0 Å². The molecule has 0 spiro atoms. The van der Waals surface area contributed by atoms with Gasteiger partial charge in [0.1, 0.15) is 24.6 Å². The van der Waals surface area contributed by atoms with Gasteiger partial charge >= 0.3 is 0 Å². The summed E-state index contributed by atoms with van der Waals surface area (Å²) in [6, 6.07) is 0.119. The van der Waals surface area contributed by atoms with Crippen LogP contribution in [0, 0.1) is 12.8 Å². The summed E-state index contributed by atoms with van der Waals surface area (Å²) in [6.07, 6.45) is 3.27. The summed E-state index contributed by atoms with van der Waals surface area (Å²) in [4.78, 5) is 4.80. The summed E-state index contributed by atoms with van der Waals surface area (Å²) < 4.78 is 13.9. The summed E-state index contributed by atoms with van der Waals surface area (Å²) in [5.74, 6) is 0.850. The van der Waals surface area contributed by atoms with Crippen molar-refractivity contribution in [1.82, 2.24) is 9.80 Å². The maximum absolute atomic E-state index is 11.3. The maximum Gasteiger partial charge on any atom is 0.205 e. The Morgan fingerprint density at radius 3 is 2.79 bits per heavy atom. The van der Waals surface area contributed by atoms with Crippen molar-refractivity contribution in [3.8, 4) is 17.2 Å². The molecule has 8 heteroatoms. The van der Waals surface area contributed by atoms with Gasteiger partial charge in [-0.1, -0.05) is 0 Å². The molecule has 1 aromatic carbocycles. The molecule has 0 aromatic heterocycles. The molecule has 0 saturated carbocycles. The first-order valence-corrected chi connectivity index (χ1v) is 10.4. The molecule has 3 N–H and O–H groups in total. The van der Waals surface area contributed by atoms with E-state index in [4.69, 9.17) is 9.47 Å². The van der Waals surface area contributed by atoms with Gasteiger partial charge in [0.25, 0.3) is 0 Å². The molecule has 29 heavy (non-hydrogen) atoms. The lowest BCUT2D eigenvalue weighted by Gasteiger charge is -2.52. The molecule has 6 rings (SSSR count). The summed E-state index contributed by atoms with van der Waals surface area (Å²) in [6.45, 7) is 3.10. The average Bonchev–Trinajstić information content (AvgIpc) is 3.27. The number of nitrogens with zero attached hydrogens (tertiary/aromatic N) is 3. The van der Waals surface area contributed by atoms with E-state index in [-0.39, 0.29) is 54.3 Å². The third kappa shape index (κ3) is 1.96. The van der Waals surface area contributed by atoms with Crippen LogP contribution in [0.15, 0.2) is 0 Å². The molecular weight excluding hydrogens is 374 g/mol. The number of phenolic OH excluding ortho intramolecular Hbond substituents is 2. The number of methoxy groups -OCH3 is 1. The fraction of sp³-hybridized carbons (Fsp3) is 0.667. The van der Waals surface area contributed by atoms with Gasteiger partial charge in [-0.2, -0.15) is 0 Å². The van der Waals surface area contributed by atoms with Crippen molar-refractivity contribution in [2.75, 3.05) is 33.9 Å². The number of aromatic hydroxyl groups is 2. The van der Waals surface area contributed by atoms with E-state index in [1.54, 1.807) is 6.92 Å². The van der Waals surface area contributed by atoms with E-state index in [0.29, 0.717) is 23.7 Å². The van der Waals surface area contributed by atoms with Crippen LogP contribution in [0.25, 0.3) is 0 Å². The van der Waals surface area contributed by atoms with Crippen LogP contribution in [-0.4, -0.2) is 94.2 Å². The summed E-state index contributed by atoms with van der Waals surface area (Å²) in [7, 11) is 3.66. The predicted molar refractivity (Wildman–Crippen MR) is 104 cm³/mol. The number of fused-ring (bicyclic) bond motifs is 6. The number of phenols is 2. The average molecular weight is 402 g/mol.